The molecule has 0 radical (unpaired) electrons. The summed E-state index contributed by atoms with van der Waals surface area (Å²) in [5.74, 6) is -1.08. The Balaban J connectivity index is 2.84. The van der Waals surface area contributed by atoms with Crippen molar-refractivity contribution in [1.29, 1.82) is 0 Å². The first kappa shape index (κ1) is 22.7. The van der Waals surface area contributed by atoms with Gasteiger partial charge in [0.15, 0.2) is 5.78 Å². The predicted molar refractivity (Wildman–Crippen MR) is 103 cm³/mol. The highest BCUT2D eigenvalue weighted by Gasteiger charge is 2.29. The van der Waals surface area contributed by atoms with Crippen molar-refractivity contribution in [2.24, 2.45) is 11.8 Å². The lowest BCUT2D eigenvalue weighted by atomic mass is 9.89. The summed E-state index contributed by atoms with van der Waals surface area (Å²) in [5, 5.41) is 10.7. The fourth-order valence-corrected chi connectivity index (χ4v) is 2.94. The maximum Gasteiger partial charge on any atom is 0.315 e. The van der Waals surface area contributed by atoms with Crippen molar-refractivity contribution in [3.8, 4) is 0 Å². The average Bonchev–Trinajstić information content (AvgIpc) is 2.61. The summed E-state index contributed by atoms with van der Waals surface area (Å²) >= 11 is 0. The minimum Gasteiger partial charge on any atom is -0.353 e. The van der Waals surface area contributed by atoms with Crippen LogP contribution in [-0.4, -0.2) is 49.3 Å². The summed E-state index contributed by atoms with van der Waals surface area (Å²) in [6.45, 7) is 6.02. The van der Waals surface area contributed by atoms with Gasteiger partial charge in [0.2, 0.25) is 11.8 Å². The van der Waals surface area contributed by atoms with Crippen molar-refractivity contribution in [2.75, 3.05) is 13.6 Å². The summed E-state index contributed by atoms with van der Waals surface area (Å²) in [7, 11) is 1.49. The second-order valence-electron chi connectivity index (χ2n) is 7.26. The first-order valence-electron chi connectivity index (χ1n) is 9.52. The number of carbonyl (C=O) groups excluding carboxylic acids is 4. The molecule has 4 N–H and O–H groups in total. The number of ketones is 1. The Morgan fingerprint density at radius 1 is 1.26 bits per heavy atom. The van der Waals surface area contributed by atoms with Gasteiger partial charge in [-0.15, -0.1) is 0 Å². The van der Waals surface area contributed by atoms with Crippen LogP contribution in [0.3, 0.4) is 0 Å². The van der Waals surface area contributed by atoms with Crippen LogP contribution < -0.4 is 21.3 Å². The molecule has 27 heavy (non-hydrogen) atoms. The van der Waals surface area contributed by atoms with E-state index < -0.39 is 18.0 Å². The fraction of sp³-hybridized carbons (Fsp3) is 0.684. The molecule has 0 saturated heterocycles. The van der Waals surface area contributed by atoms with Crippen LogP contribution in [0, 0.1) is 11.8 Å². The Morgan fingerprint density at radius 3 is 2.59 bits per heavy atom. The third kappa shape index (κ3) is 8.23. The van der Waals surface area contributed by atoms with E-state index >= 15 is 0 Å². The molecule has 152 valence electrons. The van der Waals surface area contributed by atoms with E-state index in [1.807, 2.05) is 13.8 Å². The number of nitrogens with one attached hydrogen (secondary N) is 4. The van der Waals surface area contributed by atoms with E-state index in [1.54, 1.807) is 13.0 Å². The van der Waals surface area contributed by atoms with Gasteiger partial charge in [-0.25, -0.2) is 4.79 Å². The van der Waals surface area contributed by atoms with Gasteiger partial charge < -0.3 is 21.3 Å². The monoisotopic (exact) mass is 380 g/mol. The van der Waals surface area contributed by atoms with Gasteiger partial charge in [-0.1, -0.05) is 26.3 Å². The largest absolute Gasteiger partial charge is 0.353 e. The Kier molecular flexibility index (Phi) is 9.53. The van der Waals surface area contributed by atoms with Gasteiger partial charge in [-0.3, -0.25) is 14.4 Å². The zero-order valence-corrected chi connectivity index (χ0v) is 16.6. The van der Waals surface area contributed by atoms with E-state index in [-0.39, 0.29) is 36.0 Å². The number of Topliss-reactive ketones (excluding diaryl/α,β-unsaturated/α-hetero) is 1. The lowest BCUT2D eigenvalue weighted by Gasteiger charge is -2.24. The zero-order chi connectivity index (χ0) is 20.4. The summed E-state index contributed by atoms with van der Waals surface area (Å²) < 4.78 is 0. The maximum atomic E-state index is 12.8. The van der Waals surface area contributed by atoms with E-state index in [4.69, 9.17) is 0 Å². The zero-order valence-electron chi connectivity index (χ0n) is 16.6. The first-order chi connectivity index (χ1) is 12.7. The van der Waals surface area contributed by atoms with Crippen molar-refractivity contribution in [1.82, 2.24) is 21.3 Å². The van der Waals surface area contributed by atoms with Gasteiger partial charge in [0, 0.05) is 38.0 Å². The van der Waals surface area contributed by atoms with Crippen molar-refractivity contribution >= 4 is 23.6 Å². The summed E-state index contributed by atoms with van der Waals surface area (Å²) in [6, 6.07) is -1.37. The van der Waals surface area contributed by atoms with Gasteiger partial charge >= 0.3 is 6.03 Å². The SMILES string of the molecule is CNC(=O)N[C@H](C(=O)C[C@H]1CCCCNC(=O)/C=C/[C@H](C)NC1=O)C(C)C. The minimum absolute atomic E-state index is 0.0709. The van der Waals surface area contributed by atoms with Crippen LogP contribution in [0.25, 0.3) is 0 Å². The van der Waals surface area contributed by atoms with E-state index in [2.05, 4.69) is 21.3 Å². The molecule has 4 amide bonds. The molecule has 8 nitrogen and oxygen atoms in total. The van der Waals surface area contributed by atoms with Crippen LogP contribution in [-0.2, 0) is 14.4 Å². The number of amides is 4. The number of carbonyl (C=O) groups is 4. The van der Waals surface area contributed by atoms with Crippen LogP contribution in [0.15, 0.2) is 12.2 Å². The van der Waals surface area contributed by atoms with Crippen molar-refractivity contribution in [2.45, 2.75) is 58.5 Å². The van der Waals surface area contributed by atoms with Gasteiger partial charge in [0.25, 0.3) is 0 Å². The smallest absolute Gasteiger partial charge is 0.315 e. The third-order valence-electron chi connectivity index (χ3n) is 4.53. The number of hydrogen-bond donors (Lipinski definition) is 4. The number of urea groups is 1. The van der Waals surface area contributed by atoms with Gasteiger partial charge in [0.05, 0.1) is 6.04 Å². The van der Waals surface area contributed by atoms with Gasteiger partial charge in [-0.05, 0) is 25.7 Å². The van der Waals surface area contributed by atoms with Crippen LogP contribution in [0.5, 0.6) is 0 Å². The first-order valence-corrected chi connectivity index (χ1v) is 9.52. The number of hydrogen-bond acceptors (Lipinski definition) is 4. The topological polar surface area (TPSA) is 116 Å². The van der Waals surface area contributed by atoms with Crippen molar-refractivity contribution < 1.29 is 19.2 Å². The van der Waals surface area contributed by atoms with E-state index in [1.165, 1.54) is 13.1 Å². The molecule has 1 aliphatic rings. The molecule has 0 spiro atoms. The van der Waals surface area contributed by atoms with E-state index in [0.29, 0.717) is 13.0 Å². The van der Waals surface area contributed by atoms with Crippen LogP contribution in [0.1, 0.15) is 46.5 Å². The van der Waals surface area contributed by atoms with E-state index in [9.17, 15) is 19.2 Å². The standard InChI is InChI=1S/C19H32N4O4/c1-12(2)17(23-19(27)20-4)15(24)11-14-7-5-6-10-21-16(25)9-8-13(3)22-18(14)26/h8-9,12-14,17H,5-7,10-11H2,1-4H3,(H,21,25)(H,22,26)(H2,20,23,27)/b9-8+/t13-,14+,17-/m0/s1. The molecule has 0 fully saturated rings. The third-order valence-corrected chi connectivity index (χ3v) is 4.53. The molecule has 0 unspecified atom stereocenters. The molecule has 0 aromatic carbocycles. The lowest BCUT2D eigenvalue weighted by Crippen LogP contribution is -2.49. The molecular weight excluding hydrogens is 348 g/mol. The molecule has 1 rings (SSSR count). The lowest BCUT2D eigenvalue weighted by molar-refractivity contribution is -0.131. The Labute approximate surface area is 160 Å². The van der Waals surface area contributed by atoms with Crippen LogP contribution in [0.4, 0.5) is 4.79 Å². The molecule has 0 bridgehead atoms. The average molecular weight is 380 g/mol. The van der Waals surface area contributed by atoms with Gasteiger partial charge in [0.1, 0.15) is 0 Å². The minimum atomic E-state index is -0.643. The Hall–Kier alpha value is -2.38. The van der Waals surface area contributed by atoms with Crippen molar-refractivity contribution in [3.05, 3.63) is 12.2 Å². The molecule has 0 saturated carbocycles. The molecule has 0 aromatic heterocycles. The normalized spacial score (nSPS) is 23.9. The summed E-state index contributed by atoms with van der Waals surface area (Å²) in [6.07, 6.45) is 5.11. The van der Waals surface area contributed by atoms with Crippen molar-refractivity contribution in [3.63, 3.8) is 0 Å². The highest BCUT2D eigenvalue weighted by atomic mass is 16.2. The Bertz CT molecular complexity index is 574. The molecular formula is C19H32N4O4. The summed E-state index contributed by atoms with van der Waals surface area (Å²) in [4.78, 5) is 48.6. The highest BCUT2D eigenvalue weighted by Crippen LogP contribution is 2.18. The molecule has 3 atom stereocenters. The predicted octanol–water partition coefficient (Wildman–Crippen LogP) is 0.876. The maximum absolute atomic E-state index is 12.8. The molecule has 1 heterocycles. The molecule has 0 aromatic rings. The second-order valence-corrected chi connectivity index (χ2v) is 7.26. The molecule has 0 aliphatic carbocycles. The highest BCUT2D eigenvalue weighted by molar-refractivity contribution is 5.92. The molecule has 1 aliphatic heterocycles. The Morgan fingerprint density at radius 2 is 1.96 bits per heavy atom. The summed E-state index contributed by atoms with van der Waals surface area (Å²) in [5.41, 5.74) is 0. The fourth-order valence-electron chi connectivity index (χ4n) is 2.94. The van der Waals surface area contributed by atoms with Gasteiger partial charge in [-0.2, -0.15) is 0 Å². The number of rotatable bonds is 5. The second kappa shape index (κ2) is 11.4. The quantitative estimate of drug-likeness (QED) is 0.566. The van der Waals surface area contributed by atoms with Crippen LogP contribution in [0.2, 0.25) is 0 Å². The van der Waals surface area contributed by atoms with E-state index in [0.717, 1.165) is 12.8 Å². The molecule has 8 heteroatoms. The van der Waals surface area contributed by atoms with Crippen LogP contribution >= 0.6 is 0 Å².